The average molecular weight is 370 g/mol. The molecular formula is C25H23FN2. The van der Waals surface area contributed by atoms with Gasteiger partial charge in [0.2, 0.25) is 0 Å². The zero-order valence-electron chi connectivity index (χ0n) is 16.6. The quantitative estimate of drug-likeness (QED) is 0.398. The van der Waals surface area contributed by atoms with E-state index in [4.69, 9.17) is 5.10 Å². The van der Waals surface area contributed by atoms with Gasteiger partial charge in [0.1, 0.15) is 5.82 Å². The normalized spacial score (nSPS) is 11.0. The maximum atomic E-state index is 13.9. The predicted octanol–water partition coefficient (Wildman–Crippen LogP) is 6.58. The molecule has 4 aromatic rings. The molecule has 3 aromatic carbocycles. The lowest BCUT2D eigenvalue weighted by atomic mass is 10.0. The van der Waals surface area contributed by atoms with Crippen LogP contribution in [-0.2, 0) is 0 Å². The summed E-state index contributed by atoms with van der Waals surface area (Å²) in [6, 6.07) is 21.4. The number of halogens is 1. The molecule has 0 saturated carbocycles. The lowest BCUT2D eigenvalue weighted by molar-refractivity contribution is 0.625. The molecule has 0 saturated heterocycles. The van der Waals surface area contributed by atoms with Gasteiger partial charge in [0, 0.05) is 11.1 Å². The fraction of sp³-hybridized carbons (Fsp3) is 0.160. The summed E-state index contributed by atoms with van der Waals surface area (Å²) in [7, 11) is 0. The Labute approximate surface area is 165 Å². The molecule has 0 spiro atoms. The van der Waals surface area contributed by atoms with E-state index < -0.39 is 0 Å². The van der Waals surface area contributed by atoms with Gasteiger partial charge in [-0.2, -0.15) is 5.10 Å². The van der Waals surface area contributed by atoms with E-state index in [9.17, 15) is 4.39 Å². The molecule has 0 unspecified atom stereocenters. The molecule has 0 bridgehead atoms. The Bertz CT molecular complexity index is 1170. The summed E-state index contributed by atoms with van der Waals surface area (Å²) in [6.07, 6.45) is 0. The second-order valence-electron chi connectivity index (χ2n) is 7.40. The van der Waals surface area contributed by atoms with Crippen LogP contribution in [0.4, 0.5) is 4.39 Å². The zero-order chi connectivity index (χ0) is 19.8. The lowest BCUT2D eigenvalue weighted by Gasteiger charge is -2.09. The first-order valence-corrected chi connectivity index (χ1v) is 9.43. The van der Waals surface area contributed by atoms with Gasteiger partial charge in [0.25, 0.3) is 0 Å². The van der Waals surface area contributed by atoms with Crippen molar-refractivity contribution >= 4 is 0 Å². The molecule has 1 aromatic heterocycles. The smallest absolute Gasteiger partial charge is 0.125 e. The van der Waals surface area contributed by atoms with Crippen LogP contribution < -0.4 is 0 Å². The summed E-state index contributed by atoms with van der Waals surface area (Å²) >= 11 is 0. The van der Waals surface area contributed by atoms with Gasteiger partial charge in [-0.05, 0) is 86.3 Å². The topological polar surface area (TPSA) is 17.8 Å². The average Bonchev–Trinajstić information content (AvgIpc) is 3.11. The van der Waals surface area contributed by atoms with Crippen molar-refractivity contribution in [3.63, 3.8) is 0 Å². The largest absolute Gasteiger partial charge is 0.232 e. The van der Waals surface area contributed by atoms with Crippen LogP contribution in [0.15, 0.2) is 66.7 Å². The highest BCUT2D eigenvalue weighted by molar-refractivity contribution is 5.71. The van der Waals surface area contributed by atoms with E-state index >= 15 is 0 Å². The number of nitrogens with zero attached hydrogens (tertiary/aromatic N) is 2. The molecular weight excluding hydrogens is 347 g/mol. The number of rotatable bonds is 3. The van der Waals surface area contributed by atoms with Crippen molar-refractivity contribution in [3.8, 4) is 28.2 Å². The third-order valence-electron chi connectivity index (χ3n) is 5.37. The first kappa shape index (κ1) is 18.2. The molecule has 0 N–H and O–H groups in total. The Hall–Kier alpha value is -3.20. The van der Waals surface area contributed by atoms with Gasteiger partial charge in [-0.25, -0.2) is 9.07 Å². The Balaban J connectivity index is 1.93. The van der Waals surface area contributed by atoms with E-state index in [0.717, 1.165) is 22.5 Å². The SMILES string of the molecule is Cc1ccc(-c2cc(-c3ccc(C)c(C)c3)n(-c3cccc(F)c3)n2)cc1C. The van der Waals surface area contributed by atoms with Gasteiger partial charge in [-0.3, -0.25) is 0 Å². The van der Waals surface area contributed by atoms with Crippen molar-refractivity contribution in [1.29, 1.82) is 0 Å². The Morgan fingerprint density at radius 3 is 1.96 bits per heavy atom. The molecule has 0 atom stereocenters. The molecule has 140 valence electrons. The van der Waals surface area contributed by atoms with Crippen LogP contribution in [0.3, 0.4) is 0 Å². The summed E-state index contributed by atoms with van der Waals surface area (Å²) in [5.41, 5.74) is 9.60. The third kappa shape index (κ3) is 3.36. The summed E-state index contributed by atoms with van der Waals surface area (Å²) in [6.45, 7) is 8.41. The van der Waals surface area contributed by atoms with Crippen molar-refractivity contribution in [2.45, 2.75) is 27.7 Å². The van der Waals surface area contributed by atoms with E-state index in [2.05, 4.69) is 70.2 Å². The van der Waals surface area contributed by atoms with E-state index in [1.165, 1.54) is 34.4 Å². The summed E-state index contributed by atoms with van der Waals surface area (Å²) in [4.78, 5) is 0. The van der Waals surface area contributed by atoms with Gasteiger partial charge in [-0.15, -0.1) is 0 Å². The highest BCUT2D eigenvalue weighted by Crippen LogP contribution is 2.30. The first-order valence-electron chi connectivity index (χ1n) is 9.43. The standard InChI is InChI=1S/C25H23FN2/c1-16-8-10-20(12-18(16)3)24-15-25(21-11-9-17(2)19(4)13-21)28(27-24)23-7-5-6-22(26)14-23/h5-15H,1-4H3. The highest BCUT2D eigenvalue weighted by atomic mass is 19.1. The molecule has 3 heteroatoms. The lowest BCUT2D eigenvalue weighted by Crippen LogP contribution is -2.00. The van der Waals surface area contributed by atoms with E-state index in [-0.39, 0.29) is 5.82 Å². The molecule has 0 aliphatic carbocycles. The Kier molecular flexibility index (Phi) is 4.60. The fourth-order valence-corrected chi connectivity index (χ4v) is 3.33. The minimum absolute atomic E-state index is 0.272. The molecule has 28 heavy (non-hydrogen) atoms. The minimum atomic E-state index is -0.272. The Morgan fingerprint density at radius 1 is 0.679 bits per heavy atom. The van der Waals surface area contributed by atoms with Crippen LogP contribution in [0.2, 0.25) is 0 Å². The molecule has 0 fully saturated rings. The number of benzene rings is 3. The molecule has 0 aliphatic heterocycles. The summed E-state index contributed by atoms with van der Waals surface area (Å²) < 4.78 is 15.7. The summed E-state index contributed by atoms with van der Waals surface area (Å²) in [5, 5.41) is 4.84. The zero-order valence-corrected chi connectivity index (χ0v) is 16.6. The number of hydrogen-bond donors (Lipinski definition) is 0. The van der Waals surface area contributed by atoms with Crippen molar-refractivity contribution in [3.05, 3.63) is 94.8 Å². The second-order valence-corrected chi connectivity index (χ2v) is 7.40. The van der Waals surface area contributed by atoms with Gasteiger partial charge in [0.05, 0.1) is 17.1 Å². The molecule has 1 heterocycles. The van der Waals surface area contributed by atoms with E-state index in [1.807, 2.05) is 10.7 Å². The van der Waals surface area contributed by atoms with Crippen LogP contribution in [0.5, 0.6) is 0 Å². The molecule has 0 amide bonds. The predicted molar refractivity (Wildman–Crippen MR) is 113 cm³/mol. The molecule has 4 rings (SSSR count). The van der Waals surface area contributed by atoms with Crippen LogP contribution in [0.25, 0.3) is 28.2 Å². The van der Waals surface area contributed by atoms with Crippen LogP contribution >= 0.6 is 0 Å². The van der Waals surface area contributed by atoms with Crippen molar-refractivity contribution in [1.82, 2.24) is 9.78 Å². The summed E-state index contributed by atoms with van der Waals surface area (Å²) in [5.74, 6) is -0.272. The van der Waals surface area contributed by atoms with E-state index in [1.54, 1.807) is 6.07 Å². The monoisotopic (exact) mass is 370 g/mol. The van der Waals surface area contributed by atoms with Gasteiger partial charge >= 0.3 is 0 Å². The molecule has 0 aliphatic rings. The van der Waals surface area contributed by atoms with Crippen molar-refractivity contribution in [2.75, 3.05) is 0 Å². The van der Waals surface area contributed by atoms with Crippen LogP contribution in [0, 0.1) is 33.5 Å². The minimum Gasteiger partial charge on any atom is -0.232 e. The second kappa shape index (κ2) is 7.08. The fourth-order valence-electron chi connectivity index (χ4n) is 3.33. The van der Waals surface area contributed by atoms with E-state index in [0.29, 0.717) is 5.69 Å². The maximum absolute atomic E-state index is 13.9. The molecule has 0 radical (unpaired) electrons. The van der Waals surface area contributed by atoms with Crippen LogP contribution in [-0.4, -0.2) is 9.78 Å². The number of hydrogen-bond acceptors (Lipinski definition) is 1. The van der Waals surface area contributed by atoms with Crippen molar-refractivity contribution in [2.24, 2.45) is 0 Å². The van der Waals surface area contributed by atoms with Crippen molar-refractivity contribution < 1.29 is 4.39 Å². The number of aromatic nitrogens is 2. The van der Waals surface area contributed by atoms with Gasteiger partial charge in [-0.1, -0.05) is 30.3 Å². The van der Waals surface area contributed by atoms with Gasteiger partial charge < -0.3 is 0 Å². The van der Waals surface area contributed by atoms with Gasteiger partial charge in [0.15, 0.2) is 0 Å². The maximum Gasteiger partial charge on any atom is 0.125 e. The van der Waals surface area contributed by atoms with Crippen LogP contribution in [0.1, 0.15) is 22.3 Å². The molecule has 2 nitrogen and oxygen atoms in total. The third-order valence-corrected chi connectivity index (χ3v) is 5.37. The Morgan fingerprint density at radius 2 is 1.32 bits per heavy atom. The first-order chi connectivity index (χ1) is 13.4. The highest BCUT2D eigenvalue weighted by Gasteiger charge is 2.14. The number of aryl methyl sites for hydroxylation is 4.